The van der Waals surface area contributed by atoms with Crippen molar-refractivity contribution in [2.45, 2.75) is 51.6 Å². The van der Waals surface area contributed by atoms with Crippen LogP contribution in [0.1, 0.15) is 38.7 Å². The topological polar surface area (TPSA) is 25.6 Å². The first kappa shape index (κ1) is 16.7. The molecule has 2 aliphatic heterocycles. The molecule has 4 atom stereocenters. The van der Waals surface area contributed by atoms with E-state index in [4.69, 9.17) is 9.15 Å². The van der Waals surface area contributed by atoms with Crippen LogP contribution in [0.3, 0.4) is 0 Å². The summed E-state index contributed by atoms with van der Waals surface area (Å²) in [6, 6.07) is 7.27. The van der Waals surface area contributed by atoms with Gasteiger partial charge in [-0.1, -0.05) is 32.4 Å². The fourth-order valence-electron chi connectivity index (χ4n) is 4.84. The van der Waals surface area contributed by atoms with Crippen molar-refractivity contribution in [3.05, 3.63) is 42.2 Å². The first-order valence-electron chi connectivity index (χ1n) is 9.71. The molecule has 25 heavy (non-hydrogen) atoms. The fraction of sp³-hybridized carbons (Fsp3) is 0.545. The molecule has 3 aliphatic rings. The van der Waals surface area contributed by atoms with Crippen LogP contribution in [0.25, 0.3) is 11.0 Å². The van der Waals surface area contributed by atoms with Crippen molar-refractivity contribution in [1.29, 1.82) is 0 Å². The molecule has 134 valence electrons. The molecule has 5 rings (SSSR count). The Hall–Kier alpha value is -1.74. The summed E-state index contributed by atoms with van der Waals surface area (Å²) < 4.78 is 11.2. The van der Waals surface area contributed by atoms with E-state index in [0.29, 0.717) is 12.1 Å². The second-order valence-corrected chi connectivity index (χ2v) is 7.63. The van der Waals surface area contributed by atoms with E-state index in [1.807, 2.05) is 18.4 Å². The Kier molecular flexibility index (Phi) is 4.60. The minimum Gasteiger partial charge on any atom is -0.497 e. The maximum absolute atomic E-state index is 5.80. The van der Waals surface area contributed by atoms with Crippen LogP contribution in [-0.4, -0.2) is 30.6 Å². The van der Waals surface area contributed by atoms with Crippen LogP contribution in [0.2, 0.25) is 0 Å². The zero-order chi connectivity index (χ0) is 17.4. The third-order valence-electron chi connectivity index (χ3n) is 6.28. The van der Waals surface area contributed by atoms with Gasteiger partial charge in [-0.2, -0.15) is 0 Å². The lowest BCUT2D eigenvalue weighted by atomic mass is 9.75. The molecule has 0 amide bonds. The van der Waals surface area contributed by atoms with Crippen LogP contribution in [-0.2, 0) is 6.42 Å². The maximum atomic E-state index is 5.80. The Bertz CT molecular complexity index is 762. The van der Waals surface area contributed by atoms with Gasteiger partial charge >= 0.3 is 0 Å². The van der Waals surface area contributed by atoms with Gasteiger partial charge in [0.05, 0.1) is 13.4 Å². The summed E-state index contributed by atoms with van der Waals surface area (Å²) in [4.78, 5) is 2.77. The molecule has 2 aromatic rings. The van der Waals surface area contributed by atoms with Gasteiger partial charge in [-0.05, 0) is 54.9 Å². The zero-order valence-corrected chi connectivity index (χ0v) is 15.6. The summed E-state index contributed by atoms with van der Waals surface area (Å²) in [6.07, 6.45) is 11.8. The highest BCUT2D eigenvalue weighted by molar-refractivity contribution is 5.82. The number of hydrogen-bond donors (Lipinski definition) is 0. The van der Waals surface area contributed by atoms with Gasteiger partial charge in [0.1, 0.15) is 11.3 Å². The van der Waals surface area contributed by atoms with E-state index in [9.17, 15) is 0 Å². The van der Waals surface area contributed by atoms with Gasteiger partial charge in [0.25, 0.3) is 0 Å². The first-order valence-corrected chi connectivity index (χ1v) is 9.71. The predicted molar refractivity (Wildman–Crippen MR) is 102 cm³/mol. The summed E-state index contributed by atoms with van der Waals surface area (Å²) >= 11 is 0. The molecule has 4 unspecified atom stereocenters. The van der Waals surface area contributed by atoms with Gasteiger partial charge in [-0.3, -0.25) is 4.90 Å². The van der Waals surface area contributed by atoms with Crippen LogP contribution in [0.5, 0.6) is 5.75 Å². The average molecular weight is 339 g/mol. The number of nitrogens with zero attached hydrogens (tertiary/aromatic N) is 1. The zero-order valence-electron chi connectivity index (χ0n) is 15.6. The Labute approximate surface area is 150 Å². The molecular formula is C22H29NO2. The van der Waals surface area contributed by atoms with Crippen LogP contribution >= 0.6 is 0 Å². The first-order chi connectivity index (χ1) is 12.2. The third kappa shape index (κ3) is 2.99. The molecule has 0 N–H and O–H groups in total. The van der Waals surface area contributed by atoms with Gasteiger partial charge in [-0.15, -0.1) is 0 Å². The fourth-order valence-corrected chi connectivity index (χ4v) is 4.84. The molecule has 1 aliphatic carbocycles. The van der Waals surface area contributed by atoms with Crippen LogP contribution < -0.4 is 4.74 Å². The third-order valence-corrected chi connectivity index (χ3v) is 6.28. The SMILES string of the molecule is CCC1CC2C=CC1N(C(CC)Cc1coc3ccc(OC)cc13)C2. The summed E-state index contributed by atoms with van der Waals surface area (Å²) in [6.45, 7) is 5.88. The molecule has 1 aromatic heterocycles. The van der Waals surface area contributed by atoms with Gasteiger partial charge < -0.3 is 9.15 Å². The van der Waals surface area contributed by atoms with Crippen molar-refractivity contribution in [1.82, 2.24) is 4.90 Å². The molecule has 3 nitrogen and oxygen atoms in total. The number of methoxy groups -OCH3 is 1. The van der Waals surface area contributed by atoms with Crippen molar-refractivity contribution in [3.63, 3.8) is 0 Å². The smallest absolute Gasteiger partial charge is 0.134 e. The molecule has 0 spiro atoms. The van der Waals surface area contributed by atoms with Crippen molar-refractivity contribution in [3.8, 4) is 5.75 Å². The number of benzene rings is 1. The number of piperidine rings is 1. The lowest BCUT2D eigenvalue weighted by Crippen LogP contribution is -2.54. The number of hydrogen-bond acceptors (Lipinski definition) is 3. The van der Waals surface area contributed by atoms with Crippen molar-refractivity contribution in [2.24, 2.45) is 11.8 Å². The second-order valence-electron chi connectivity index (χ2n) is 7.63. The molecule has 0 saturated carbocycles. The normalized spacial score (nSPS) is 27.1. The molecule has 0 radical (unpaired) electrons. The minimum absolute atomic E-state index is 0.568. The van der Waals surface area contributed by atoms with Crippen molar-refractivity contribution in [2.75, 3.05) is 13.7 Å². The van der Waals surface area contributed by atoms with Crippen LogP contribution in [0.15, 0.2) is 41.0 Å². The van der Waals surface area contributed by atoms with E-state index in [0.717, 1.165) is 29.6 Å². The number of ether oxygens (including phenoxy) is 1. The van der Waals surface area contributed by atoms with E-state index >= 15 is 0 Å². The lowest BCUT2D eigenvalue weighted by Gasteiger charge is -2.49. The summed E-state index contributed by atoms with van der Waals surface area (Å²) in [5, 5.41) is 1.20. The van der Waals surface area contributed by atoms with Crippen molar-refractivity contribution >= 4 is 11.0 Å². The van der Waals surface area contributed by atoms with Crippen LogP contribution in [0.4, 0.5) is 0 Å². The van der Waals surface area contributed by atoms with E-state index in [1.165, 1.54) is 36.8 Å². The Morgan fingerprint density at radius 1 is 1.28 bits per heavy atom. The molecule has 1 aromatic carbocycles. The second kappa shape index (κ2) is 6.87. The summed E-state index contributed by atoms with van der Waals surface area (Å²) in [7, 11) is 1.72. The average Bonchev–Trinajstić information content (AvgIpc) is 3.08. The van der Waals surface area contributed by atoms with Gasteiger partial charge in [0.2, 0.25) is 0 Å². The number of rotatable bonds is 6. The lowest BCUT2D eigenvalue weighted by molar-refractivity contribution is 0.0409. The molecular weight excluding hydrogens is 310 g/mol. The summed E-state index contributed by atoms with van der Waals surface area (Å²) in [5.74, 6) is 2.46. The van der Waals surface area contributed by atoms with E-state index < -0.39 is 0 Å². The standard InChI is InChI=1S/C22H29NO2/c1-4-16-10-15-6-8-21(16)23(13-15)18(5-2)11-17-14-25-22-9-7-19(24-3)12-20(17)22/h6-9,12,14-16,18,21H,4-5,10-11,13H2,1-3H3. The van der Waals surface area contributed by atoms with E-state index in [-0.39, 0.29) is 0 Å². The highest BCUT2D eigenvalue weighted by Crippen LogP contribution is 2.38. The monoisotopic (exact) mass is 339 g/mol. The number of furan rings is 1. The molecule has 1 saturated heterocycles. The Morgan fingerprint density at radius 2 is 2.16 bits per heavy atom. The van der Waals surface area contributed by atoms with E-state index in [1.54, 1.807) is 7.11 Å². The van der Waals surface area contributed by atoms with E-state index in [2.05, 4.69) is 37.0 Å². The molecule has 2 bridgehead atoms. The predicted octanol–water partition coefficient (Wildman–Crippen LogP) is 5.05. The minimum atomic E-state index is 0.568. The van der Waals surface area contributed by atoms with Gasteiger partial charge in [0.15, 0.2) is 0 Å². The molecule has 3 heterocycles. The van der Waals surface area contributed by atoms with Crippen LogP contribution in [0, 0.1) is 11.8 Å². The maximum Gasteiger partial charge on any atom is 0.134 e. The largest absolute Gasteiger partial charge is 0.497 e. The van der Waals surface area contributed by atoms with Crippen molar-refractivity contribution < 1.29 is 9.15 Å². The molecule has 3 heteroatoms. The van der Waals surface area contributed by atoms with Gasteiger partial charge in [-0.25, -0.2) is 0 Å². The highest BCUT2D eigenvalue weighted by atomic mass is 16.5. The molecule has 1 fully saturated rings. The quantitative estimate of drug-likeness (QED) is 0.689. The number of fused-ring (bicyclic) bond motifs is 3. The summed E-state index contributed by atoms with van der Waals surface area (Å²) in [5.41, 5.74) is 2.26. The van der Waals surface area contributed by atoms with Gasteiger partial charge in [0, 0.05) is 24.0 Å². The Morgan fingerprint density at radius 3 is 2.88 bits per heavy atom. The Balaban J connectivity index is 1.59. The highest BCUT2D eigenvalue weighted by Gasteiger charge is 2.39.